The van der Waals surface area contributed by atoms with Gasteiger partial charge >= 0.3 is 0 Å². The average molecular weight is 348 g/mol. The smallest absolute Gasteiger partial charge is 0.235 e. The average Bonchev–Trinajstić information content (AvgIpc) is 2.80. The summed E-state index contributed by atoms with van der Waals surface area (Å²) in [4.78, 5) is 14.8. The number of amides is 1. The molecule has 1 heterocycles. The number of hydrogen-bond donors (Lipinski definition) is 0. The van der Waals surface area contributed by atoms with E-state index in [1.807, 2.05) is 25.1 Å². The fraction of sp³-hybridized carbons (Fsp3) is 0.500. The van der Waals surface area contributed by atoms with Crippen LogP contribution < -0.4 is 0 Å². The first kappa shape index (κ1) is 16.6. The summed E-state index contributed by atoms with van der Waals surface area (Å²) in [5.41, 5.74) is 0. The number of nitrogens with zero attached hydrogens (tertiary/aromatic N) is 1. The molecule has 0 unspecified atom stereocenters. The lowest BCUT2D eigenvalue weighted by atomic mass is 10.2. The van der Waals surface area contributed by atoms with Gasteiger partial charge in [0.1, 0.15) is 0 Å². The van der Waals surface area contributed by atoms with Crippen LogP contribution in [0.2, 0.25) is 5.02 Å². The summed E-state index contributed by atoms with van der Waals surface area (Å²) in [7, 11) is -1.31. The van der Waals surface area contributed by atoms with Crippen molar-refractivity contribution in [2.24, 2.45) is 0 Å². The Kier molecular flexibility index (Phi) is 5.22. The van der Waals surface area contributed by atoms with Crippen LogP contribution in [0.1, 0.15) is 13.3 Å². The minimum atomic E-state index is -2.99. The van der Waals surface area contributed by atoms with Crippen molar-refractivity contribution < 1.29 is 13.2 Å². The predicted octanol–water partition coefficient (Wildman–Crippen LogP) is 2.47. The van der Waals surface area contributed by atoms with Crippen molar-refractivity contribution in [3.63, 3.8) is 0 Å². The Bertz CT molecular complexity index is 633. The SMILES string of the molecule is C[C@@H](Sc1ccccc1Cl)C(=O)N(C)[C@H]1CCS(=O)(=O)C1. The maximum atomic E-state index is 12.4. The van der Waals surface area contributed by atoms with Crippen molar-refractivity contribution in [2.45, 2.75) is 29.5 Å². The molecule has 7 heteroatoms. The molecule has 0 bridgehead atoms. The molecule has 1 fully saturated rings. The van der Waals surface area contributed by atoms with Crippen LogP contribution in [0.3, 0.4) is 0 Å². The number of halogens is 1. The number of benzene rings is 1. The molecule has 0 aliphatic carbocycles. The van der Waals surface area contributed by atoms with E-state index in [0.29, 0.717) is 11.4 Å². The standard InChI is InChI=1S/C14H18ClNO3S2/c1-10(20-13-6-4-3-5-12(13)15)14(17)16(2)11-7-8-21(18,19)9-11/h3-6,10-11H,7-9H2,1-2H3/t10-,11+/m1/s1. The van der Waals surface area contributed by atoms with Crippen molar-refractivity contribution in [3.8, 4) is 0 Å². The van der Waals surface area contributed by atoms with Gasteiger partial charge < -0.3 is 4.90 Å². The molecule has 4 nitrogen and oxygen atoms in total. The molecule has 1 aliphatic rings. The fourth-order valence-corrected chi connectivity index (χ4v) is 5.36. The quantitative estimate of drug-likeness (QED) is 0.785. The molecular weight excluding hydrogens is 330 g/mol. The Morgan fingerprint density at radius 3 is 2.67 bits per heavy atom. The van der Waals surface area contributed by atoms with E-state index in [4.69, 9.17) is 11.6 Å². The normalized spacial score (nSPS) is 22.0. The Balaban J connectivity index is 2.01. The number of hydrogen-bond acceptors (Lipinski definition) is 4. The van der Waals surface area contributed by atoms with E-state index in [1.165, 1.54) is 11.8 Å². The van der Waals surface area contributed by atoms with Crippen molar-refractivity contribution in [1.82, 2.24) is 4.90 Å². The first-order chi connectivity index (χ1) is 9.80. The van der Waals surface area contributed by atoms with Gasteiger partial charge in [-0.3, -0.25) is 4.79 Å². The summed E-state index contributed by atoms with van der Waals surface area (Å²) < 4.78 is 23.0. The zero-order valence-electron chi connectivity index (χ0n) is 12.0. The van der Waals surface area contributed by atoms with Gasteiger partial charge in [0.25, 0.3) is 0 Å². The molecule has 2 atom stereocenters. The van der Waals surface area contributed by atoms with Crippen LogP contribution in [0, 0.1) is 0 Å². The van der Waals surface area contributed by atoms with Crippen molar-refractivity contribution >= 4 is 39.1 Å². The maximum absolute atomic E-state index is 12.4. The third kappa shape index (κ3) is 4.14. The highest BCUT2D eigenvalue weighted by molar-refractivity contribution is 8.00. The second kappa shape index (κ2) is 6.58. The van der Waals surface area contributed by atoms with Gasteiger partial charge in [-0.2, -0.15) is 0 Å². The molecule has 21 heavy (non-hydrogen) atoms. The maximum Gasteiger partial charge on any atom is 0.235 e. The summed E-state index contributed by atoms with van der Waals surface area (Å²) in [5, 5.41) is 0.312. The van der Waals surface area contributed by atoms with Crippen LogP contribution in [0.15, 0.2) is 29.2 Å². The molecule has 0 spiro atoms. The number of sulfone groups is 1. The number of thioether (sulfide) groups is 1. The number of carbonyl (C=O) groups excluding carboxylic acids is 1. The summed E-state index contributed by atoms with van der Waals surface area (Å²) in [6.45, 7) is 1.82. The van der Waals surface area contributed by atoms with Crippen LogP contribution in [-0.4, -0.2) is 49.1 Å². The highest BCUT2D eigenvalue weighted by atomic mass is 35.5. The minimum absolute atomic E-state index is 0.0676. The topological polar surface area (TPSA) is 54.5 Å². The highest BCUT2D eigenvalue weighted by Crippen LogP contribution is 2.31. The lowest BCUT2D eigenvalue weighted by Gasteiger charge is -2.26. The van der Waals surface area contributed by atoms with E-state index in [0.717, 1.165) is 4.90 Å². The van der Waals surface area contributed by atoms with Crippen molar-refractivity contribution in [2.75, 3.05) is 18.6 Å². The molecule has 0 radical (unpaired) electrons. The Morgan fingerprint density at radius 1 is 1.43 bits per heavy atom. The minimum Gasteiger partial charge on any atom is -0.341 e. The molecule has 116 valence electrons. The lowest BCUT2D eigenvalue weighted by molar-refractivity contribution is -0.130. The fourth-order valence-electron chi connectivity index (χ4n) is 2.33. The van der Waals surface area contributed by atoms with Crippen LogP contribution in [0.4, 0.5) is 0 Å². The van der Waals surface area contributed by atoms with Gasteiger partial charge in [-0.15, -0.1) is 11.8 Å². The first-order valence-electron chi connectivity index (χ1n) is 6.68. The van der Waals surface area contributed by atoms with E-state index >= 15 is 0 Å². The van der Waals surface area contributed by atoms with Crippen molar-refractivity contribution in [1.29, 1.82) is 0 Å². The number of rotatable bonds is 4. The van der Waals surface area contributed by atoms with Gasteiger partial charge in [-0.1, -0.05) is 23.7 Å². The monoisotopic (exact) mass is 347 g/mol. The first-order valence-corrected chi connectivity index (χ1v) is 9.76. The summed E-state index contributed by atoms with van der Waals surface area (Å²) >= 11 is 7.48. The second-order valence-electron chi connectivity index (χ2n) is 5.20. The van der Waals surface area contributed by atoms with Gasteiger partial charge in [0, 0.05) is 18.0 Å². The van der Waals surface area contributed by atoms with E-state index in [1.54, 1.807) is 18.0 Å². The zero-order valence-corrected chi connectivity index (χ0v) is 14.3. The third-order valence-corrected chi connectivity index (χ3v) is 6.95. The molecular formula is C14H18ClNO3S2. The van der Waals surface area contributed by atoms with E-state index in [2.05, 4.69) is 0 Å². The van der Waals surface area contributed by atoms with Crippen LogP contribution in [-0.2, 0) is 14.6 Å². The highest BCUT2D eigenvalue weighted by Gasteiger charge is 2.34. The second-order valence-corrected chi connectivity index (χ2v) is 9.22. The Morgan fingerprint density at radius 2 is 2.10 bits per heavy atom. The molecule has 1 saturated heterocycles. The van der Waals surface area contributed by atoms with Crippen LogP contribution in [0.25, 0.3) is 0 Å². The molecule has 1 aromatic carbocycles. The Hall–Kier alpha value is -0.720. The van der Waals surface area contributed by atoms with E-state index in [-0.39, 0.29) is 28.7 Å². The summed E-state index contributed by atoms with van der Waals surface area (Å²) in [5.74, 6) is 0.169. The molecule has 1 aliphatic heterocycles. The van der Waals surface area contributed by atoms with Crippen molar-refractivity contribution in [3.05, 3.63) is 29.3 Å². The van der Waals surface area contributed by atoms with Gasteiger partial charge in [-0.25, -0.2) is 8.42 Å². The third-order valence-electron chi connectivity index (χ3n) is 3.59. The zero-order chi connectivity index (χ0) is 15.6. The van der Waals surface area contributed by atoms with Crippen LogP contribution in [0.5, 0.6) is 0 Å². The van der Waals surface area contributed by atoms with Gasteiger partial charge in [0.2, 0.25) is 5.91 Å². The Labute approximate surface area is 134 Å². The summed E-state index contributed by atoms with van der Waals surface area (Å²) in [6.07, 6.45) is 0.522. The molecule has 1 amide bonds. The van der Waals surface area contributed by atoms with E-state index in [9.17, 15) is 13.2 Å². The lowest BCUT2D eigenvalue weighted by Crippen LogP contribution is -2.41. The van der Waals surface area contributed by atoms with Gasteiger partial charge in [0.05, 0.1) is 21.8 Å². The number of carbonyl (C=O) groups is 1. The van der Waals surface area contributed by atoms with Gasteiger partial charge in [0.15, 0.2) is 9.84 Å². The molecule has 0 saturated carbocycles. The predicted molar refractivity (Wildman–Crippen MR) is 86.6 cm³/mol. The molecule has 0 N–H and O–H groups in total. The molecule has 1 aromatic rings. The van der Waals surface area contributed by atoms with Gasteiger partial charge in [-0.05, 0) is 25.5 Å². The van der Waals surface area contributed by atoms with E-state index < -0.39 is 9.84 Å². The molecule has 0 aromatic heterocycles. The molecule has 2 rings (SSSR count). The summed E-state index contributed by atoms with van der Waals surface area (Å²) in [6, 6.07) is 7.16. The van der Waals surface area contributed by atoms with Crippen LogP contribution >= 0.6 is 23.4 Å². The largest absolute Gasteiger partial charge is 0.341 e.